The van der Waals surface area contributed by atoms with Crippen LogP contribution in [0.5, 0.6) is 0 Å². The van der Waals surface area contributed by atoms with Crippen molar-refractivity contribution in [2.45, 2.75) is 18.9 Å². The van der Waals surface area contributed by atoms with Crippen LogP contribution >= 0.6 is 11.6 Å². The average molecular weight is 473 g/mol. The van der Waals surface area contributed by atoms with E-state index in [2.05, 4.69) is 15.3 Å². The van der Waals surface area contributed by atoms with Crippen LogP contribution in [-0.2, 0) is 10.3 Å². The summed E-state index contributed by atoms with van der Waals surface area (Å²) in [6, 6.07) is 9.67. The van der Waals surface area contributed by atoms with Crippen LogP contribution in [0.2, 0.25) is 5.02 Å². The number of amides is 2. The fourth-order valence-corrected chi connectivity index (χ4v) is 4.05. The molecule has 9 nitrogen and oxygen atoms in total. The van der Waals surface area contributed by atoms with Gasteiger partial charge in [-0.2, -0.15) is 0 Å². The SMILES string of the molecule is CN1C(=O)C[C@@](C)(c2ccc(F)c(-n3c(N(C)C)nc4ccc(Cl)cc43)c2)N/C1=N/C(=O)O. The Bertz CT molecular complexity index is 1320. The molecule has 0 bridgehead atoms. The van der Waals surface area contributed by atoms with Crippen LogP contribution in [0.3, 0.4) is 0 Å². The van der Waals surface area contributed by atoms with Gasteiger partial charge in [0.05, 0.1) is 28.7 Å². The van der Waals surface area contributed by atoms with Crippen molar-refractivity contribution in [1.82, 2.24) is 19.8 Å². The third-order valence-corrected chi connectivity index (χ3v) is 5.84. The van der Waals surface area contributed by atoms with Crippen LogP contribution in [0.15, 0.2) is 41.4 Å². The average Bonchev–Trinajstić information content (AvgIpc) is 3.10. The summed E-state index contributed by atoms with van der Waals surface area (Å²) in [7, 11) is 5.04. The van der Waals surface area contributed by atoms with Crippen molar-refractivity contribution in [3.8, 4) is 5.69 Å². The van der Waals surface area contributed by atoms with Crippen LogP contribution < -0.4 is 10.2 Å². The number of carboxylic acid groups (broad SMARTS) is 1. The molecule has 0 aliphatic carbocycles. The summed E-state index contributed by atoms with van der Waals surface area (Å²) in [6.45, 7) is 1.74. The van der Waals surface area contributed by atoms with Crippen molar-refractivity contribution in [1.29, 1.82) is 0 Å². The number of anilines is 1. The Hall–Kier alpha value is -3.66. The highest BCUT2D eigenvalue weighted by molar-refractivity contribution is 6.31. The van der Waals surface area contributed by atoms with E-state index in [9.17, 15) is 9.59 Å². The molecular weight excluding hydrogens is 451 g/mol. The molecule has 1 aromatic heterocycles. The van der Waals surface area contributed by atoms with E-state index in [1.165, 1.54) is 13.1 Å². The van der Waals surface area contributed by atoms with Gasteiger partial charge >= 0.3 is 6.09 Å². The van der Waals surface area contributed by atoms with E-state index < -0.39 is 17.4 Å². The number of nitrogens with one attached hydrogen (secondary N) is 1. The number of guanidine groups is 1. The number of fused-ring (bicyclic) bond motifs is 1. The monoisotopic (exact) mass is 472 g/mol. The fraction of sp³-hybridized carbons (Fsp3) is 0.273. The van der Waals surface area contributed by atoms with E-state index in [0.717, 1.165) is 4.90 Å². The first kappa shape index (κ1) is 22.5. The third-order valence-electron chi connectivity index (χ3n) is 5.61. The van der Waals surface area contributed by atoms with E-state index in [0.29, 0.717) is 27.6 Å². The number of aliphatic imine (C=N–C) groups is 1. The van der Waals surface area contributed by atoms with E-state index in [4.69, 9.17) is 16.7 Å². The normalized spacial score (nSPS) is 19.8. The highest BCUT2D eigenvalue weighted by Gasteiger charge is 2.39. The molecule has 1 aliphatic heterocycles. The molecule has 1 atom stereocenters. The number of hydrogen-bond donors (Lipinski definition) is 2. The van der Waals surface area contributed by atoms with E-state index in [1.807, 2.05) is 0 Å². The summed E-state index contributed by atoms with van der Waals surface area (Å²) in [4.78, 5) is 34.7. The minimum Gasteiger partial charge on any atom is -0.463 e. The van der Waals surface area contributed by atoms with Gasteiger partial charge in [0.1, 0.15) is 5.82 Å². The maximum absolute atomic E-state index is 15.2. The van der Waals surface area contributed by atoms with Gasteiger partial charge in [-0.3, -0.25) is 14.3 Å². The second-order valence-corrected chi connectivity index (χ2v) is 8.68. The Kier molecular flexibility index (Phi) is 5.49. The second kappa shape index (κ2) is 8.04. The molecule has 2 N–H and O–H groups in total. The number of carbonyl (C=O) groups is 2. The number of aromatic nitrogens is 2. The Labute approximate surface area is 194 Å². The molecule has 0 saturated carbocycles. The fourth-order valence-electron chi connectivity index (χ4n) is 3.88. The van der Waals surface area contributed by atoms with Gasteiger partial charge < -0.3 is 15.3 Å². The molecule has 0 spiro atoms. The number of rotatable bonds is 3. The summed E-state index contributed by atoms with van der Waals surface area (Å²) in [5, 5.41) is 12.6. The smallest absolute Gasteiger partial charge is 0.434 e. The molecule has 2 aromatic carbocycles. The van der Waals surface area contributed by atoms with Crippen molar-refractivity contribution in [2.24, 2.45) is 4.99 Å². The molecule has 0 radical (unpaired) electrons. The molecule has 2 heterocycles. The van der Waals surface area contributed by atoms with Gasteiger partial charge in [0, 0.05) is 26.2 Å². The van der Waals surface area contributed by atoms with Crippen molar-refractivity contribution in [2.75, 3.05) is 26.0 Å². The molecule has 1 saturated heterocycles. The van der Waals surface area contributed by atoms with E-state index in [1.54, 1.807) is 60.8 Å². The summed E-state index contributed by atoms with van der Waals surface area (Å²) in [5.41, 5.74) is 1.03. The maximum atomic E-state index is 15.2. The van der Waals surface area contributed by atoms with Gasteiger partial charge in [-0.05, 0) is 42.8 Å². The Morgan fingerprint density at radius 2 is 2.03 bits per heavy atom. The number of hydrogen-bond acceptors (Lipinski definition) is 4. The Morgan fingerprint density at radius 3 is 2.70 bits per heavy atom. The lowest BCUT2D eigenvalue weighted by Crippen LogP contribution is -2.58. The number of imidazole rings is 1. The van der Waals surface area contributed by atoms with Crippen molar-refractivity contribution >= 4 is 46.5 Å². The molecule has 172 valence electrons. The Balaban J connectivity index is 1.90. The van der Waals surface area contributed by atoms with Crippen molar-refractivity contribution < 1.29 is 19.1 Å². The standard InChI is InChI=1S/C22H22ClFN6O3/c1-22(11-18(31)29(4)19(27-22)26-21(32)33)12-5-7-14(24)16(9-12)30-17-10-13(23)6-8-15(17)25-20(30)28(2)3/h5-10H,11H2,1-4H3,(H,26,27)(H,32,33)/t22-/m0/s1. The zero-order valence-corrected chi connectivity index (χ0v) is 19.2. The molecule has 1 aliphatic rings. The number of benzene rings is 2. The highest BCUT2D eigenvalue weighted by atomic mass is 35.5. The van der Waals surface area contributed by atoms with Gasteiger partial charge in [0.15, 0.2) is 0 Å². The zero-order valence-electron chi connectivity index (χ0n) is 18.4. The topological polar surface area (TPSA) is 103 Å². The molecular formula is C22H22ClFN6O3. The van der Waals surface area contributed by atoms with Crippen LogP contribution in [0.4, 0.5) is 15.1 Å². The van der Waals surface area contributed by atoms with Gasteiger partial charge in [0.2, 0.25) is 17.8 Å². The predicted molar refractivity (Wildman–Crippen MR) is 124 cm³/mol. The Morgan fingerprint density at radius 1 is 1.30 bits per heavy atom. The molecule has 33 heavy (non-hydrogen) atoms. The number of carbonyl (C=O) groups excluding carboxylic acids is 1. The molecule has 0 unspecified atom stereocenters. The first-order valence-corrected chi connectivity index (χ1v) is 10.4. The lowest BCUT2D eigenvalue weighted by Gasteiger charge is -2.40. The van der Waals surface area contributed by atoms with Gasteiger partial charge in [-0.25, -0.2) is 14.2 Å². The van der Waals surface area contributed by atoms with E-state index >= 15 is 4.39 Å². The quantitative estimate of drug-likeness (QED) is 0.604. The number of halogens is 2. The third kappa shape index (κ3) is 3.97. The van der Waals surface area contributed by atoms with Gasteiger partial charge in [-0.1, -0.05) is 17.7 Å². The lowest BCUT2D eigenvalue weighted by molar-refractivity contribution is -0.129. The first-order valence-electron chi connectivity index (χ1n) is 10.0. The minimum absolute atomic E-state index is 0.0181. The summed E-state index contributed by atoms with van der Waals surface area (Å²) in [6.07, 6.45) is -1.41. The first-order chi connectivity index (χ1) is 15.5. The minimum atomic E-state index is -1.43. The molecule has 3 aromatic rings. The van der Waals surface area contributed by atoms with Crippen LogP contribution in [0, 0.1) is 5.82 Å². The summed E-state index contributed by atoms with van der Waals surface area (Å²) < 4.78 is 16.8. The second-order valence-electron chi connectivity index (χ2n) is 8.25. The van der Waals surface area contributed by atoms with Crippen LogP contribution in [-0.4, -0.2) is 58.7 Å². The molecule has 11 heteroatoms. The van der Waals surface area contributed by atoms with Crippen molar-refractivity contribution in [3.63, 3.8) is 0 Å². The zero-order chi connectivity index (χ0) is 24.1. The highest BCUT2D eigenvalue weighted by Crippen LogP contribution is 2.34. The molecule has 4 rings (SSSR count). The summed E-state index contributed by atoms with van der Waals surface area (Å²) >= 11 is 6.21. The molecule has 1 fully saturated rings. The largest absolute Gasteiger partial charge is 0.463 e. The molecule has 2 amide bonds. The predicted octanol–water partition coefficient (Wildman–Crippen LogP) is 3.58. The van der Waals surface area contributed by atoms with Crippen LogP contribution in [0.25, 0.3) is 16.7 Å². The summed E-state index contributed by atoms with van der Waals surface area (Å²) in [5.74, 6) is -0.422. The van der Waals surface area contributed by atoms with Gasteiger partial charge in [0.25, 0.3) is 0 Å². The van der Waals surface area contributed by atoms with E-state index in [-0.39, 0.29) is 24.0 Å². The lowest BCUT2D eigenvalue weighted by atomic mass is 9.86. The van der Waals surface area contributed by atoms with Gasteiger partial charge in [-0.15, -0.1) is 4.99 Å². The van der Waals surface area contributed by atoms with Crippen molar-refractivity contribution in [3.05, 3.63) is 52.8 Å². The number of nitrogens with zero attached hydrogens (tertiary/aromatic N) is 5. The van der Waals surface area contributed by atoms with Crippen LogP contribution in [0.1, 0.15) is 18.9 Å². The maximum Gasteiger partial charge on any atom is 0.434 e.